The molecule has 3 rings (SSSR count). The number of methoxy groups -OCH3 is 1. The predicted octanol–water partition coefficient (Wildman–Crippen LogP) is 4.25. The molecule has 2 heterocycles. The van der Waals surface area contributed by atoms with Gasteiger partial charge in [0, 0.05) is 41.4 Å². The van der Waals surface area contributed by atoms with E-state index in [4.69, 9.17) is 4.74 Å². The third-order valence-electron chi connectivity index (χ3n) is 4.15. The lowest BCUT2D eigenvalue weighted by Crippen LogP contribution is -2.02. The first-order chi connectivity index (χ1) is 13.1. The van der Waals surface area contributed by atoms with E-state index in [0.29, 0.717) is 11.3 Å². The molecule has 0 unspecified atom stereocenters. The number of nitrogens with zero attached hydrogens (tertiary/aromatic N) is 4. The van der Waals surface area contributed by atoms with Gasteiger partial charge in [0.15, 0.2) is 16.8 Å². The number of pyridine rings is 1. The van der Waals surface area contributed by atoms with Crippen molar-refractivity contribution in [1.82, 2.24) is 19.7 Å². The van der Waals surface area contributed by atoms with Crippen molar-refractivity contribution in [2.24, 2.45) is 0 Å². The molecule has 0 radical (unpaired) electrons. The highest BCUT2D eigenvalue weighted by atomic mass is 32.2. The average molecular weight is 382 g/mol. The summed E-state index contributed by atoms with van der Waals surface area (Å²) in [5.74, 6) is 2.29. The van der Waals surface area contributed by atoms with Gasteiger partial charge in [-0.3, -0.25) is 9.78 Å². The molecule has 2 aromatic heterocycles. The molecule has 0 saturated heterocycles. The Labute approximate surface area is 163 Å². The molecule has 0 spiro atoms. The summed E-state index contributed by atoms with van der Waals surface area (Å²) in [6.45, 7) is 4.53. The van der Waals surface area contributed by atoms with Gasteiger partial charge in [0.2, 0.25) is 0 Å². The van der Waals surface area contributed by atoms with Crippen LogP contribution in [-0.4, -0.2) is 32.6 Å². The highest BCUT2D eigenvalue weighted by Crippen LogP contribution is 2.30. The van der Waals surface area contributed by atoms with E-state index in [1.54, 1.807) is 44.3 Å². The molecule has 0 saturated carbocycles. The van der Waals surface area contributed by atoms with E-state index in [1.807, 2.05) is 24.3 Å². The van der Waals surface area contributed by atoms with Crippen molar-refractivity contribution in [1.29, 1.82) is 0 Å². The first kappa shape index (κ1) is 19.1. The molecule has 140 valence electrons. The number of thioether (sulfide) groups is 1. The Balaban J connectivity index is 1.87. The largest absolute Gasteiger partial charge is 0.496 e. The molecule has 7 heteroatoms. The van der Waals surface area contributed by atoms with E-state index in [-0.39, 0.29) is 5.78 Å². The summed E-state index contributed by atoms with van der Waals surface area (Å²) in [7, 11) is 1.64. The van der Waals surface area contributed by atoms with E-state index < -0.39 is 0 Å². The van der Waals surface area contributed by atoms with Crippen molar-refractivity contribution in [3.05, 3.63) is 53.9 Å². The minimum Gasteiger partial charge on any atom is -0.496 e. The molecule has 0 fully saturated rings. The van der Waals surface area contributed by atoms with Crippen LogP contribution in [0.4, 0.5) is 0 Å². The summed E-state index contributed by atoms with van der Waals surface area (Å²) in [5, 5.41) is 9.62. The standard InChI is InChI=1S/C20H22N4O2S/c1-4-11-24-19(15-7-9-21-10-8-15)22-23-20(24)27-13-17-12-16(14(2)25)5-6-18(17)26-3/h5-10,12H,4,11,13H2,1-3H3. The van der Waals surface area contributed by atoms with Crippen molar-refractivity contribution >= 4 is 17.5 Å². The van der Waals surface area contributed by atoms with E-state index in [2.05, 4.69) is 26.7 Å². The number of Topliss-reactive ketones (excluding diaryl/α,β-unsaturated/α-hetero) is 1. The van der Waals surface area contributed by atoms with Gasteiger partial charge in [-0.15, -0.1) is 10.2 Å². The monoisotopic (exact) mass is 382 g/mol. The number of ether oxygens (including phenoxy) is 1. The van der Waals surface area contributed by atoms with E-state index in [9.17, 15) is 4.79 Å². The van der Waals surface area contributed by atoms with Crippen LogP contribution in [-0.2, 0) is 12.3 Å². The van der Waals surface area contributed by atoms with Crippen molar-refractivity contribution in [3.8, 4) is 17.1 Å². The fraction of sp³-hybridized carbons (Fsp3) is 0.300. The fourth-order valence-corrected chi connectivity index (χ4v) is 3.73. The summed E-state index contributed by atoms with van der Waals surface area (Å²) < 4.78 is 7.57. The number of ketones is 1. The minimum absolute atomic E-state index is 0.0398. The minimum atomic E-state index is 0.0398. The molecule has 0 bridgehead atoms. The number of carbonyl (C=O) groups excluding carboxylic acids is 1. The number of hydrogen-bond acceptors (Lipinski definition) is 6. The zero-order valence-electron chi connectivity index (χ0n) is 15.7. The lowest BCUT2D eigenvalue weighted by atomic mass is 10.1. The Hall–Kier alpha value is -2.67. The van der Waals surface area contributed by atoms with E-state index in [1.165, 1.54) is 0 Å². The lowest BCUT2D eigenvalue weighted by Gasteiger charge is -2.11. The van der Waals surface area contributed by atoms with Gasteiger partial charge in [-0.05, 0) is 43.7 Å². The Kier molecular flexibility index (Phi) is 6.24. The van der Waals surface area contributed by atoms with Crippen LogP contribution in [0.25, 0.3) is 11.4 Å². The van der Waals surface area contributed by atoms with Gasteiger partial charge >= 0.3 is 0 Å². The van der Waals surface area contributed by atoms with Crippen LogP contribution in [0.15, 0.2) is 47.9 Å². The normalized spacial score (nSPS) is 10.8. The maximum absolute atomic E-state index is 11.7. The third kappa shape index (κ3) is 4.36. The van der Waals surface area contributed by atoms with Gasteiger partial charge in [0.25, 0.3) is 0 Å². The molecule has 0 aliphatic heterocycles. The summed E-state index contributed by atoms with van der Waals surface area (Å²) >= 11 is 1.59. The molecular weight excluding hydrogens is 360 g/mol. The summed E-state index contributed by atoms with van der Waals surface area (Å²) in [6.07, 6.45) is 4.49. The van der Waals surface area contributed by atoms with E-state index >= 15 is 0 Å². The molecule has 3 aromatic rings. The predicted molar refractivity (Wildman–Crippen MR) is 106 cm³/mol. The summed E-state index contributed by atoms with van der Waals surface area (Å²) in [4.78, 5) is 15.8. The maximum atomic E-state index is 11.7. The Morgan fingerprint density at radius 2 is 1.96 bits per heavy atom. The molecule has 0 atom stereocenters. The zero-order chi connectivity index (χ0) is 19.2. The van der Waals surface area contributed by atoms with Gasteiger partial charge in [0.05, 0.1) is 7.11 Å². The Morgan fingerprint density at radius 1 is 1.19 bits per heavy atom. The van der Waals surface area contributed by atoms with Crippen molar-refractivity contribution in [2.75, 3.05) is 7.11 Å². The SMILES string of the molecule is CCCn1c(SCc2cc(C(C)=O)ccc2OC)nnc1-c1ccncc1. The van der Waals surface area contributed by atoms with Gasteiger partial charge in [-0.2, -0.15) is 0 Å². The van der Waals surface area contributed by atoms with Crippen LogP contribution < -0.4 is 4.74 Å². The second kappa shape index (κ2) is 8.81. The number of rotatable bonds is 8. The Bertz CT molecular complexity index is 925. The topological polar surface area (TPSA) is 69.9 Å². The molecule has 0 aliphatic rings. The number of hydrogen-bond donors (Lipinski definition) is 0. The molecule has 0 aliphatic carbocycles. The third-order valence-corrected chi connectivity index (χ3v) is 5.16. The van der Waals surface area contributed by atoms with Crippen molar-refractivity contribution in [3.63, 3.8) is 0 Å². The van der Waals surface area contributed by atoms with Crippen LogP contribution in [0.2, 0.25) is 0 Å². The van der Waals surface area contributed by atoms with Gasteiger partial charge < -0.3 is 9.30 Å². The highest BCUT2D eigenvalue weighted by Gasteiger charge is 2.15. The van der Waals surface area contributed by atoms with Crippen molar-refractivity contribution in [2.45, 2.75) is 37.7 Å². The average Bonchev–Trinajstić information content (AvgIpc) is 3.09. The molecule has 0 N–H and O–H groups in total. The smallest absolute Gasteiger partial charge is 0.191 e. The second-order valence-electron chi connectivity index (χ2n) is 6.07. The van der Waals surface area contributed by atoms with Crippen LogP contribution in [0.5, 0.6) is 5.75 Å². The first-order valence-corrected chi connectivity index (χ1v) is 9.76. The Morgan fingerprint density at radius 3 is 2.63 bits per heavy atom. The number of aromatic nitrogens is 4. The maximum Gasteiger partial charge on any atom is 0.191 e. The zero-order valence-corrected chi connectivity index (χ0v) is 16.5. The molecule has 1 aromatic carbocycles. The first-order valence-electron chi connectivity index (χ1n) is 8.78. The van der Waals surface area contributed by atoms with Gasteiger partial charge in [0.1, 0.15) is 5.75 Å². The number of benzene rings is 1. The fourth-order valence-electron chi connectivity index (χ4n) is 2.79. The molecule has 0 amide bonds. The summed E-state index contributed by atoms with van der Waals surface area (Å²) in [6, 6.07) is 9.38. The van der Waals surface area contributed by atoms with Crippen LogP contribution >= 0.6 is 11.8 Å². The summed E-state index contributed by atoms with van der Waals surface area (Å²) in [5.41, 5.74) is 2.64. The lowest BCUT2D eigenvalue weighted by molar-refractivity contribution is 0.101. The second-order valence-corrected chi connectivity index (χ2v) is 7.01. The van der Waals surface area contributed by atoms with Gasteiger partial charge in [-0.25, -0.2) is 0 Å². The molecule has 27 heavy (non-hydrogen) atoms. The van der Waals surface area contributed by atoms with Gasteiger partial charge in [-0.1, -0.05) is 18.7 Å². The highest BCUT2D eigenvalue weighted by molar-refractivity contribution is 7.98. The molecule has 6 nitrogen and oxygen atoms in total. The van der Waals surface area contributed by atoms with Crippen LogP contribution in [0.1, 0.15) is 36.2 Å². The quantitative estimate of drug-likeness (QED) is 0.428. The number of carbonyl (C=O) groups is 1. The van der Waals surface area contributed by atoms with Crippen molar-refractivity contribution < 1.29 is 9.53 Å². The van der Waals surface area contributed by atoms with Crippen LogP contribution in [0.3, 0.4) is 0 Å². The van der Waals surface area contributed by atoms with Crippen LogP contribution in [0, 0.1) is 0 Å². The van der Waals surface area contributed by atoms with E-state index in [0.717, 1.165) is 40.8 Å². The molecular formula is C20H22N4O2S.